The quantitative estimate of drug-likeness (QED) is 0.116. The van der Waals surface area contributed by atoms with E-state index in [0.29, 0.717) is 70.3 Å². The van der Waals surface area contributed by atoms with Crippen molar-refractivity contribution in [3.63, 3.8) is 0 Å². The topological polar surface area (TPSA) is 200 Å². The molecule has 2 fully saturated rings. The molecule has 294 valence electrons. The minimum Gasteiger partial charge on any atom is -0.385 e. The third-order valence-electron chi connectivity index (χ3n) is 10.7. The van der Waals surface area contributed by atoms with Crippen LogP contribution in [-0.2, 0) is 16.6 Å². The number of rotatable bonds is 8. The first-order valence-corrected chi connectivity index (χ1v) is 18.9. The number of hydrogen-bond acceptors (Lipinski definition) is 11. The van der Waals surface area contributed by atoms with Crippen LogP contribution in [0.15, 0.2) is 76.7 Å². The number of amides is 3. The summed E-state index contributed by atoms with van der Waals surface area (Å²) in [6.45, 7) is 2.54. The van der Waals surface area contributed by atoms with Gasteiger partial charge in [0.05, 0.1) is 34.0 Å². The number of aromatic nitrogens is 7. The standard InChI is InChI=1S/C41H39N11O6/c1-24(53)32-23-44-37-29(42-2)21-33(47-52(32)37)45-28-10-6-18-50(40(28)57)34-14-12-27(22-43-34)39(56)49-19-16-25(17-20-49)7-4-8-26-9-5-11-30-36(26)48(3)41(58)51(30)31-13-15-35(54)46-38(31)55/h5-6,9-12,14,18,21-23,25,31,42H,7,13,15-17,19-20H2,1-3H3,(H,45,47)(H,46,54,55). The fourth-order valence-electron chi connectivity index (χ4n) is 7.60. The third-order valence-corrected chi connectivity index (χ3v) is 10.7. The number of imidazole rings is 2. The Balaban J connectivity index is 0.906. The second-order valence-electron chi connectivity index (χ2n) is 14.3. The normalized spacial score (nSPS) is 15.9. The number of piperidine rings is 2. The molecule has 2 aliphatic heterocycles. The summed E-state index contributed by atoms with van der Waals surface area (Å²) in [6, 6.07) is 13.0. The summed E-state index contributed by atoms with van der Waals surface area (Å²) in [4.78, 5) is 87.3. The van der Waals surface area contributed by atoms with Crippen molar-refractivity contribution in [1.29, 1.82) is 0 Å². The van der Waals surface area contributed by atoms with E-state index in [4.69, 9.17) is 0 Å². The zero-order chi connectivity index (χ0) is 40.7. The van der Waals surface area contributed by atoms with E-state index in [9.17, 15) is 28.8 Å². The largest absolute Gasteiger partial charge is 0.385 e. The van der Waals surface area contributed by atoms with Gasteiger partial charge in [-0.05, 0) is 61.6 Å². The number of benzene rings is 1. The second kappa shape index (κ2) is 15.3. The molecule has 17 nitrogen and oxygen atoms in total. The Hall–Kier alpha value is -7.35. The van der Waals surface area contributed by atoms with E-state index in [1.54, 1.807) is 61.6 Å². The van der Waals surface area contributed by atoms with E-state index < -0.39 is 17.5 Å². The summed E-state index contributed by atoms with van der Waals surface area (Å²) < 4.78 is 5.74. The summed E-state index contributed by atoms with van der Waals surface area (Å²) in [6.07, 6.45) is 7.08. The van der Waals surface area contributed by atoms with Crippen LogP contribution < -0.4 is 27.2 Å². The number of Topliss-reactive ketones (excluding diaryl/α,β-unsaturated/α-hetero) is 1. The number of carbonyl (C=O) groups is 4. The van der Waals surface area contributed by atoms with Crippen molar-refractivity contribution in [3.05, 3.63) is 105 Å². The SMILES string of the molecule is CNc1cc(Nc2cccn(-c3ccc(C(=O)N4CCC(CC#Cc5cccc6c5n(C)c(=O)n6C5CCC(=O)NC5=O)CC4)cn3)c2=O)nn2c(C(C)=O)cnc12. The highest BCUT2D eigenvalue weighted by Gasteiger charge is 2.31. The Labute approximate surface area is 330 Å². The van der Waals surface area contributed by atoms with E-state index in [2.05, 4.69) is 42.9 Å². The first-order valence-electron chi connectivity index (χ1n) is 18.9. The Morgan fingerprint density at radius 1 is 0.966 bits per heavy atom. The minimum absolute atomic E-state index is 0.147. The number of carbonyl (C=O) groups excluding carboxylic acids is 4. The number of aryl methyl sites for hydroxylation is 1. The van der Waals surface area contributed by atoms with Gasteiger partial charge in [-0.25, -0.2) is 19.3 Å². The summed E-state index contributed by atoms with van der Waals surface area (Å²) in [5.41, 5.74) is 3.18. The van der Waals surface area contributed by atoms with Crippen molar-refractivity contribution in [1.82, 2.24) is 43.5 Å². The fraction of sp³-hybridized carbons (Fsp3) is 0.293. The van der Waals surface area contributed by atoms with Crippen LogP contribution >= 0.6 is 0 Å². The summed E-state index contributed by atoms with van der Waals surface area (Å²) in [7, 11) is 3.38. The maximum atomic E-state index is 13.6. The van der Waals surface area contributed by atoms with Crippen molar-refractivity contribution >= 4 is 57.4 Å². The lowest BCUT2D eigenvalue weighted by atomic mass is 9.93. The Morgan fingerprint density at radius 3 is 2.50 bits per heavy atom. The number of fused-ring (bicyclic) bond motifs is 2. The highest BCUT2D eigenvalue weighted by Crippen LogP contribution is 2.26. The van der Waals surface area contributed by atoms with Gasteiger partial charge < -0.3 is 15.5 Å². The maximum absolute atomic E-state index is 13.6. The van der Waals surface area contributed by atoms with Crippen molar-refractivity contribution in [2.75, 3.05) is 30.8 Å². The molecule has 58 heavy (non-hydrogen) atoms. The monoisotopic (exact) mass is 781 g/mol. The van der Waals surface area contributed by atoms with Gasteiger partial charge in [0, 0.05) is 65.4 Å². The van der Waals surface area contributed by atoms with Gasteiger partial charge in [0.25, 0.3) is 11.5 Å². The van der Waals surface area contributed by atoms with Gasteiger partial charge in [0.2, 0.25) is 11.8 Å². The van der Waals surface area contributed by atoms with E-state index in [1.807, 2.05) is 12.1 Å². The first-order chi connectivity index (χ1) is 28.0. The molecule has 1 atom stereocenters. The molecule has 0 radical (unpaired) electrons. The molecule has 6 aromatic rings. The van der Waals surface area contributed by atoms with Crippen LogP contribution in [0.25, 0.3) is 22.5 Å². The Morgan fingerprint density at radius 2 is 1.78 bits per heavy atom. The molecule has 0 saturated carbocycles. The zero-order valence-electron chi connectivity index (χ0n) is 32.0. The Bertz CT molecular complexity index is 2830. The van der Waals surface area contributed by atoms with E-state index in [1.165, 1.54) is 37.5 Å². The predicted octanol–water partition coefficient (Wildman–Crippen LogP) is 3.19. The van der Waals surface area contributed by atoms with Gasteiger partial charge in [-0.2, -0.15) is 0 Å². The number of nitrogens with one attached hydrogen (secondary N) is 3. The first kappa shape index (κ1) is 37.6. The second-order valence-corrected chi connectivity index (χ2v) is 14.3. The molecule has 0 spiro atoms. The number of pyridine rings is 2. The van der Waals surface area contributed by atoms with Gasteiger partial charge in [-0.15, -0.1) is 5.10 Å². The molecule has 2 saturated heterocycles. The van der Waals surface area contributed by atoms with Crippen molar-refractivity contribution in [3.8, 4) is 17.7 Å². The highest BCUT2D eigenvalue weighted by molar-refractivity contribution is 6.00. The highest BCUT2D eigenvalue weighted by atomic mass is 16.2. The molecular formula is C41H39N11O6. The predicted molar refractivity (Wildman–Crippen MR) is 214 cm³/mol. The lowest BCUT2D eigenvalue weighted by Crippen LogP contribution is -2.44. The average Bonchev–Trinajstić information content (AvgIpc) is 3.77. The molecule has 2 aliphatic rings. The van der Waals surface area contributed by atoms with Crippen LogP contribution in [0.3, 0.4) is 0 Å². The number of para-hydroxylation sites is 1. The molecule has 8 rings (SSSR count). The smallest absolute Gasteiger partial charge is 0.329 e. The third kappa shape index (κ3) is 6.89. The lowest BCUT2D eigenvalue weighted by Gasteiger charge is -2.31. The van der Waals surface area contributed by atoms with Gasteiger partial charge in [0.1, 0.15) is 23.2 Å². The summed E-state index contributed by atoms with van der Waals surface area (Å²) >= 11 is 0. The number of imide groups is 1. The molecular weight excluding hydrogens is 743 g/mol. The molecule has 7 heterocycles. The van der Waals surface area contributed by atoms with Crippen molar-refractivity contribution < 1.29 is 19.2 Å². The van der Waals surface area contributed by atoms with Crippen LogP contribution in [-0.4, -0.2) is 81.8 Å². The number of ketones is 1. The summed E-state index contributed by atoms with van der Waals surface area (Å²) in [5.74, 6) is 6.27. The molecule has 0 aliphatic carbocycles. The number of likely N-dealkylation sites (tertiary alicyclic amines) is 1. The van der Waals surface area contributed by atoms with Crippen LogP contribution in [0.4, 0.5) is 17.2 Å². The van der Waals surface area contributed by atoms with Gasteiger partial charge >= 0.3 is 5.69 Å². The molecule has 1 aromatic carbocycles. The maximum Gasteiger partial charge on any atom is 0.329 e. The van der Waals surface area contributed by atoms with Crippen LogP contribution in [0.1, 0.15) is 71.5 Å². The number of nitrogens with zero attached hydrogens (tertiary/aromatic N) is 8. The van der Waals surface area contributed by atoms with Gasteiger partial charge in [-0.3, -0.25) is 43.0 Å². The molecule has 5 aromatic heterocycles. The summed E-state index contributed by atoms with van der Waals surface area (Å²) in [5, 5.41) is 12.9. The molecule has 0 bridgehead atoms. The van der Waals surface area contributed by atoms with Crippen molar-refractivity contribution in [2.45, 2.75) is 45.1 Å². The van der Waals surface area contributed by atoms with E-state index in [0.717, 1.165) is 12.8 Å². The molecule has 3 N–H and O–H groups in total. The molecule has 3 amide bonds. The number of hydrogen-bond donors (Lipinski definition) is 3. The Kier molecular flexibility index (Phi) is 9.91. The van der Waals surface area contributed by atoms with Crippen LogP contribution in [0.2, 0.25) is 0 Å². The number of anilines is 3. The van der Waals surface area contributed by atoms with Gasteiger partial charge in [-0.1, -0.05) is 17.9 Å². The van der Waals surface area contributed by atoms with E-state index in [-0.39, 0.29) is 47.7 Å². The average molecular weight is 782 g/mol. The molecule has 1 unspecified atom stereocenters. The van der Waals surface area contributed by atoms with Gasteiger partial charge in [0.15, 0.2) is 17.2 Å². The molecule has 17 heteroatoms. The zero-order valence-corrected chi connectivity index (χ0v) is 32.0. The van der Waals surface area contributed by atoms with Crippen molar-refractivity contribution in [2.24, 2.45) is 13.0 Å². The van der Waals surface area contributed by atoms with E-state index >= 15 is 0 Å². The van der Waals surface area contributed by atoms with Crippen LogP contribution in [0, 0.1) is 17.8 Å². The minimum atomic E-state index is -0.769. The lowest BCUT2D eigenvalue weighted by molar-refractivity contribution is -0.135. The fourth-order valence-corrected chi connectivity index (χ4v) is 7.60. The van der Waals surface area contributed by atoms with Crippen LogP contribution in [0.5, 0.6) is 0 Å².